The van der Waals surface area contributed by atoms with E-state index in [1.54, 1.807) is 48.5 Å². The zero-order chi connectivity index (χ0) is 22.4. The topological polar surface area (TPSA) is 151 Å². The molecule has 0 unspecified atom stereocenters. The van der Waals surface area contributed by atoms with Gasteiger partial charge in [-0.05, 0) is 24.3 Å². The van der Waals surface area contributed by atoms with Gasteiger partial charge in [0.2, 0.25) is 0 Å². The van der Waals surface area contributed by atoms with Gasteiger partial charge in [-0.2, -0.15) is 5.26 Å². The molecule has 10 nitrogen and oxygen atoms in total. The Morgan fingerprint density at radius 1 is 1.03 bits per heavy atom. The lowest BCUT2D eigenvalue weighted by Gasteiger charge is -2.14. The summed E-state index contributed by atoms with van der Waals surface area (Å²) >= 11 is 0. The van der Waals surface area contributed by atoms with Crippen LogP contribution < -0.4 is 21.9 Å². The van der Waals surface area contributed by atoms with Crippen LogP contribution in [0, 0.1) is 11.3 Å². The van der Waals surface area contributed by atoms with E-state index in [0.29, 0.717) is 5.69 Å². The Labute approximate surface area is 177 Å². The molecular formula is C21H18N6O4. The first-order valence-electron chi connectivity index (χ1n) is 8.97. The Hall–Kier alpha value is -4.78. The monoisotopic (exact) mass is 418 g/mol. The first-order valence-corrected chi connectivity index (χ1v) is 8.97. The molecule has 3 aromatic rings. The molecule has 0 saturated heterocycles. The number of esters is 1. The number of nitriles is 1. The minimum Gasteiger partial charge on any atom is -0.464 e. The van der Waals surface area contributed by atoms with Crippen LogP contribution in [0.4, 0.5) is 16.2 Å². The van der Waals surface area contributed by atoms with Gasteiger partial charge < -0.3 is 20.4 Å². The Morgan fingerprint density at radius 2 is 1.71 bits per heavy atom. The third-order valence-electron chi connectivity index (χ3n) is 4.27. The van der Waals surface area contributed by atoms with Crippen molar-refractivity contribution in [2.75, 3.05) is 18.2 Å². The minimum atomic E-state index is -0.769. The number of nitrogens with one attached hydrogen (secondary N) is 3. The number of hydrogen-bond donors (Lipinski definition) is 4. The second-order valence-corrected chi connectivity index (χ2v) is 6.19. The number of rotatable bonds is 4. The van der Waals surface area contributed by atoms with E-state index in [1.807, 2.05) is 6.07 Å². The third kappa shape index (κ3) is 4.46. The molecule has 3 rings (SSSR count). The van der Waals surface area contributed by atoms with Crippen LogP contribution in [0.15, 0.2) is 60.8 Å². The van der Waals surface area contributed by atoms with Crippen LogP contribution in [0.2, 0.25) is 0 Å². The molecule has 1 heterocycles. The SMILES string of the molecule is COC(=O)c1c(N)c(C#N)cn1-c1ccccc1C(=O)NNC(=O)Nc1ccccc1. The fourth-order valence-electron chi connectivity index (χ4n) is 2.85. The van der Waals surface area contributed by atoms with Crippen LogP contribution >= 0.6 is 0 Å². The number of methoxy groups -OCH3 is 1. The highest BCUT2D eigenvalue weighted by molar-refractivity contribution is 6.01. The first-order chi connectivity index (χ1) is 15.0. The minimum absolute atomic E-state index is 0.0518. The number of hydrogen-bond acceptors (Lipinski definition) is 6. The lowest BCUT2D eigenvalue weighted by Crippen LogP contribution is -2.44. The highest BCUT2D eigenvalue weighted by Crippen LogP contribution is 2.26. The molecule has 0 bridgehead atoms. The number of hydrazine groups is 1. The maximum absolute atomic E-state index is 12.7. The summed E-state index contributed by atoms with van der Waals surface area (Å²) in [6, 6.07) is 16.2. The second-order valence-electron chi connectivity index (χ2n) is 6.19. The standard InChI is InChI=1S/C21H18N6O4/c1-31-20(29)18-17(23)13(11-22)12-27(18)16-10-6-5-9-15(16)19(28)25-26-21(30)24-14-7-3-2-4-8-14/h2-10,12H,23H2,1H3,(H,25,28)(H2,24,26,30). The summed E-state index contributed by atoms with van der Waals surface area (Å²) in [4.78, 5) is 37.0. The molecule has 0 radical (unpaired) electrons. The van der Waals surface area contributed by atoms with Crippen LogP contribution in [-0.4, -0.2) is 29.6 Å². The molecule has 3 amide bonds. The van der Waals surface area contributed by atoms with Crippen molar-refractivity contribution in [2.24, 2.45) is 0 Å². The molecule has 10 heteroatoms. The lowest BCUT2D eigenvalue weighted by molar-refractivity contribution is 0.0592. The molecule has 1 aromatic heterocycles. The van der Waals surface area contributed by atoms with E-state index in [4.69, 9.17) is 10.5 Å². The summed E-state index contributed by atoms with van der Waals surface area (Å²) in [6.07, 6.45) is 1.34. The summed E-state index contributed by atoms with van der Waals surface area (Å²) in [7, 11) is 1.18. The molecule has 0 saturated carbocycles. The van der Waals surface area contributed by atoms with Gasteiger partial charge in [-0.3, -0.25) is 10.2 Å². The van der Waals surface area contributed by atoms with Crippen molar-refractivity contribution in [3.05, 3.63) is 77.6 Å². The maximum atomic E-state index is 12.7. The molecule has 0 aliphatic rings. The molecule has 2 aromatic carbocycles. The normalized spacial score (nSPS) is 9.94. The number of amides is 3. The van der Waals surface area contributed by atoms with Gasteiger partial charge in [0.15, 0.2) is 5.69 Å². The Bertz CT molecular complexity index is 1180. The van der Waals surface area contributed by atoms with Gasteiger partial charge in [-0.15, -0.1) is 0 Å². The predicted molar refractivity (Wildman–Crippen MR) is 112 cm³/mol. The molecule has 0 atom stereocenters. The molecular weight excluding hydrogens is 400 g/mol. The van der Waals surface area contributed by atoms with Crippen molar-refractivity contribution in [1.29, 1.82) is 5.26 Å². The van der Waals surface area contributed by atoms with Gasteiger partial charge in [0.25, 0.3) is 5.91 Å². The van der Waals surface area contributed by atoms with Gasteiger partial charge in [0.1, 0.15) is 6.07 Å². The van der Waals surface area contributed by atoms with Crippen LogP contribution in [0.1, 0.15) is 26.4 Å². The van der Waals surface area contributed by atoms with Crippen LogP contribution in [0.5, 0.6) is 0 Å². The molecule has 31 heavy (non-hydrogen) atoms. The van der Waals surface area contributed by atoms with E-state index in [2.05, 4.69) is 16.2 Å². The fraction of sp³-hybridized carbons (Fsp3) is 0.0476. The quantitative estimate of drug-likeness (QED) is 0.376. The van der Waals surface area contributed by atoms with Crippen molar-refractivity contribution >= 4 is 29.3 Å². The number of nitrogens with zero attached hydrogens (tertiary/aromatic N) is 2. The fourth-order valence-corrected chi connectivity index (χ4v) is 2.85. The highest BCUT2D eigenvalue weighted by atomic mass is 16.5. The van der Waals surface area contributed by atoms with Crippen molar-refractivity contribution in [3.63, 3.8) is 0 Å². The summed E-state index contributed by atoms with van der Waals surface area (Å²) in [5, 5.41) is 11.8. The number of anilines is 2. The van der Waals surface area contributed by atoms with E-state index in [1.165, 1.54) is 23.9 Å². The molecule has 5 N–H and O–H groups in total. The summed E-state index contributed by atoms with van der Waals surface area (Å²) < 4.78 is 6.06. The smallest absolute Gasteiger partial charge is 0.357 e. The predicted octanol–water partition coefficient (Wildman–Crippen LogP) is 2.18. The van der Waals surface area contributed by atoms with Crippen LogP contribution in [0.3, 0.4) is 0 Å². The van der Waals surface area contributed by atoms with Crippen LogP contribution in [-0.2, 0) is 4.74 Å². The summed E-state index contributed by atoms with van der Waals surface area (Å²) in [5.74, 6) is -1.42. The number of benzene rings is 2. The molecule has 0 fully saturated rings. The Kier molecular flexibility index (Phi) is 6.18. The Morgan fingerprint density at radius 3 is 2.39 bits per heavy atom. The van der Waals surface area contributed by atoms with Gasteiger partial charge in [-0.25, -0.2) is 15.0 Å². The average Bonchev–Trinajstić information content (AvgIpc) is 3.13. The largest absolute Gasteiger partial charge is 0.464 e. The van der Waals surface area contributed by atoms with E-state index in [9.17, 15) is 19.6 Å². The molecule has 0 aliphatic heterocycles. The van der Waals surface area contributed by atoms with Crippen molar-refractivity contribution in [1.82, 2.24) is 15.4 Å². The van der Waals surface area contributed by atoms with E-state index < -0.39 is 17.9 Å². The van der Waals surface area contributed by atoms with Crippen molar-refractivity contribution in [3.8, 4) is 11.8 Å². The first kappa shape index (κ1) is 20.9. The van der Waals surface area contributed by atoms with Crippen molar-refractivity contribution < 1.29 is 19.1 Å². The van der Waals surface area contributed by atoms with Gasteiger partial charge in [-0.1, -0.05) is 30.3 Å². The van der Waals surface area contributed by atoms with Gasteiger partial charge in [0.05, 0.1) is 29.6 Å². The average molecular weight is 418 g/mol. The third-order valence-corrected chi connectivity index (χ3v) is 4.27. The van der Waals surface area contributed by atoms with E-state index >= 15 is 0 Å². The van der Waals surface area contributed by atoms with E-state index in [0.717, 1.165) is 0 Å². The molecule has 0 spiro atoms. The summed E-state index contributed by atoms with van der Waals surface area (Å²) in [5.41, 5.74) is 11.3. The number of para-hydroxylation sites is 2. The zero-order valence-electron chi connectivity index (χ0n) is 16.4. The Balaban J connectivity index is 1.86. The zero-order valence-corrected chi connectivity index (χ0v) is 16.4. The summed E-state index contributed by atoms with van der Waals surface area (Å²) in [6.45, 7) is 0. The number of carbonyl (C=O) groups is 3. The highest BCUT2D eigenvalue weighted by Gasteiger charge is 2.24. The number of aromatic nitrogens is 1. The van der Waals surface area contributed by atoms with Crippen molar-refractivity contribution in [2.45, 2.75) is 0 Å². The van der Waals surface area contributed by atoms with Crippen LogP contribution in [0.25, 0.3) is 5.69 Å². The number of urea groups is 1. The second kappa shape index (κ2) is 9.15. The van der Waals surface area contributed by atoms with E-state index in [-0.39, 0.29) is 28.2 Å². The number of nitrogen functional groups attached to an aromatic ring is 1. The number of nitrogens with two attached hydrogens (primary N) is 1. The lowest BCUT2D eigenvalue weighted by atomic mass is 10.1. The van der Waals surface area contributed by atoms with Gasteiger partial charge >= 0.3 is 12.0 Å². The number of carbonyl (C=O) groups excluding carboxylic acids is 3. The number of ether oxygens (including phenoxy) is 1. The molecule has 0 aliphatic carbocycles. The van der Waals surface area contributed by atoms with Gasteiger partial charge in [0, 0.05) is 11.9 Å². The maximum Gasteiger partial charge on any atom is 0.357 e. The molecule has 156 valence electrons.